The van der Waals surface area contributed by atoms with Crippen molar-refractivity contribution in [2.24, 2.45) is 0 Å². The van der Waals surface area contributed by atoms with Crippen LogP contribution in [0.25, 0.3) is 32.8 Å². The van der Waals surface area contributed by atoms with Gasteiger partial charge in [-0.1, -0.05) is 30.3 Å². The van der Waals surface area contributed by atoms with Gasteiger partial charge in [0.1, 0.15) is 17.1 Å². The molecule has 0 saturated carbocycles. The molecule has 6 rings (SSSR count). The van der Waals surface area contributed by atoms with Crippen LogP contribution in [0.2, 0.25) is 5.28 Å². The Morgan fingerprint density at radius 1 is 1.08 bits per heavy atom. The largest absolute Gasteiger partial charge is 0.468 e. The molecule has 37 heavy (non-hydrogen) atoms. The molecule has 4 aromatic rings. The average Bonchev–Trinajstić information content (AvgIpc) is 3.17. The summed E-state index contributed by atoms with van der Waals surface area (Å²) in [5, 5.41) is 11.8. The summed E-state index contributed by atoms with van der Waals surface area (Å²) in [6.07, 6.45) is 0.673. The van der Waals surface area contributed by atoms with E-state index >= 15 is 4.39 Å². The number of ether oxygens (including phenoxy) is 2. The second-order valence-corrected chi connectivity index (χ2v) is 9.70. The third kappa shape index (κ3) is 4.08. The molecule has 3 heterocycles. The zero-order valence-corrected chi connectivity index (χ0v) is 20.8. The van der Waals surface area contributed by atoms with Crippen LogP contribution in [0.1, 0.15) is 12.8 Å². The first-order valence-electron chi connectivity index (χ1n) is 12.0. The van der Waals surface area contributed by atoms with Gasteiger partial charge in [-0.25, -0.2) is 14.2 Å². The number of anilines is 1. The molecule has 0 spiro atoms. The molecule has 2 fully saturated rings. The van der Waals surface area contributed by atoms with Gasteiger partial charge in [-0.15, -0.1) is 0 Å². The summed E-state index contributed by atoms with van der Waals surface area (Å²) in [4.78, 5) is 24.0. The molecule has 0 aliphatic carbocycles. The van der Waals surface area contributed by atoms with Gasteiger partial charge in [0.15, 0.2) is 12.6 Å². The molecule has 2 aliphatic rings. The van der Waals surface area contributed by atoms with E-state index in [4.69, 9.17) is 21.1 Å². The number of rotatable bonds is 5. The van der Waals surface area contributed by atoms with Crippen LogP contribution in [-0.4, -0.2) is 65.1 Å². The van der Waals surface area contributed by atoms with Crippen molar-refractivity contribution < 1.29 is 23.8 Å². The predicted octanol–water partition coefficient (Wildman–Crippen LogP) is 5.56. The van der Waals surface area contributed by atoms with E-state index in [9.17, 15) is 9.90 Å². The van der Waals surface area contributed by atoms with Crippen LogP contribution in [0.4, 0.5) is 15.0 Å². The van der Waals surface area contributed by atoms with Crippen LogP contribution in [0, 0.1) is 5.82 Å². The molecule has 3 aromatic carbocycles. The van der Waals surface area contributed by atoms with Gasteiger partial charge in [-0.05, 0) is 59.0 Å². The van der Waals surface area contributed by atoms with E-state index in [1.54, 1.807) is 19.2 Å². The molecule has 2 saturated heterocycles. The standard InChI is InChI=1S/C27H24ClFN4O4/c1-36-14-37-18-10-15-4-2-3-5-19(15)22(11-18)20-8-9-21-24(23(20)29)30-26(28)31-25(21)32-12-16-6-7-17(13-32)33(16)27(34)35/h2-5,8-11,16-17H,6-7,12-14H2,1H3,(H,34,35)/t16-,17+. The van der Waals surface area contributed by atoms with Crippen LogP contribution in [0.15, 0.2) is 48.5 Å². The fourth-order valence-corrected chi connectivity index (χ4v) is 5.84. The number of benzene rings is 3. The summed E-state index contributed by atoms with van der Waals surface area (Å²) >= 11 is 6.30. The van der Waals surface area contributed by atoms with Gasteiger partial charge < -0.3 is 19.5 Å². The highest BCUT2D eigenvalue weighted by atomic mass is 35.5. The van der Waals surface area contributed by atoms with Crippen molar-refractivity contribution in [3.8, 4) is 16.9 Å². The summed E-state index contributed by atoms with van der Waals surface area (Å²) < 4.78 is 26.9. The smallest absolute Gasteiger partial charge is 0.407 e. The minimum Gasteiger partial charge on any atom is -0.468 e. The Morgan fingerprint density at radius 3 is 2.57 bits per heavy atom. The molecule has 1 aromatic heterocycles. The topological polar surface area (TPSA) is 88.0 Å². The van der Waals surface area contributed by atoms with E-state index in [1.807, 2.05) is 41.3 Å². The number of amides is 1. The number of piperazine rings is 1. The molecule has 2 aliphatic heterocycles. The molecule has 8 nitrogen and oxygen atoms in total. The van der Waals surface area contributed by atoms with Gasteiger partial charge in [-0.3, -0.25) is 4.90 Å². The maximum absolute atomic E-state index is 16.2. The zero-order valence-electron chi connectivity index (χ0n) is 20.0. The van der Waals surface area contributed by atoms with Gasteiger partial charge in [0, 0.05) is 31.1 Å². The molecular weight excluding hydrogens is 499 g/mol. The lowest BCUT2D eigenvalue weighted by molar-refractivity contribution is 0.0512. The van der Waals surface area contributed by atoms with Crippen molar-refractivity contribution in [1.82, 2.24) is 14.9 Å². The highest BCUT2D eigenvalue weighted by molar-refractivity contribution is 6.29. The van der Waals surface area contributed by atoms with Gasteiger partial charge >= 0.3 is 6.09 Å². The fraction of sp³-hybridized carbons (Fsp3) is 0.296. The van der Waals surface area contributed by atoms with E-state index in [0.717, 1.165) is 23.6 Å². The van der Waals surface area contributed by atoms with Crippen LogP contribution in [0.3, 0.4) is 0 Å². The molecule has 0 radical (unpaired) electrons. The minimum absolute atomic E-state index is 0.0615. The first-order chi connectivity index (χ1) is 17.9. The lowest BCUT2D eigenvalue weighted by Crippen LogP contribution is -2.55. The quantitative estimate of drug-likeness (QED) is 0.271. The van der Waals surface area contributed by atoms with Gasteiger partial charge in [-0.2, -0.15) is 4.98 Å². The molecule has 1 amide bonds. The predicted molar refractivity (Wildman–Crippen MR) is 139 cm³/mol. The van der Waals surface area contributed by atoms with Crippen molar-refractivity contribution in [2.45, 2.75) is 24.9 Å². The second kappa shape index (κ2) is 9.32. The summed E-state index contributed by atoms with van der Waals surface area (Å²) in [6.45, 7) is 1.01. The number of carbonyl (C=O) groups is 1. The minimum atomic E-state index is -0.905. The van der Waals surface area contributed by atoms with Crippen molar-refractivity contribution in [3.05, 3.63) is 59.6 Å². The Bertz CT molecular complexity index is 1520. The molecule has 10 heteroatoms. The number of carboxylic acid groups (broad SMARTS) is 1. The summed E-state index contributed by atoms with van der Waals surface area (Å²) in [7, 11) is 1.54. The molecule has 0 unspecified atom stereocenters. The zero-order chi connectivity index (χ0) is 25.7. The average molecular weight is 523 g/mol. The maximum atomic E-state index is 16.2. The lowest BCUT2D eigenvalue weighted by atomic mass is 9.96. The molecule has 190 valence electrons. The van der Waals surface area contributed by atoms with Crippen molar-refractivity contribution in [3.63, 3.8) is 0 Å². The third-order valence-corrected chi connectivity index (χ3v) is 7.40. The Morgan fingerprint density at radius 2 is 1.84 bits per heavy atom. The summed E-state index contributed by atoms with van der Waals surface area (Å²) in [5.41, 5.74) is 1.14. The van der Waals surface area contributed by atoms with E-state index in [2.05, 4.69) is 9.97 Å². The maximum Gasteiger partial charge on any atom is 0.407 e. The van der Waals surface area contributed by atoms with Crippen LogP contribution in [0.5, 0.6) is 5.75 Å². The number of fused-ring (bicyclic) bond motifs is 4. The number of methoxy groups -OCH3 is 1. The van der Waals surface area contributed by atoms with Crippen LogP contribution >= 0.6 is 11.6 Å². The Hall–Kier alpha value is -3.69. The van der Waals surface area contributed by atoms with Crippen molar-refractivity contribution in [2.75, 3.05) is 31.9 Å². The van der Waals surface area contributed by atoms with E-state index in [0.29, 0.717) is 41.2 Å². The first-order valence-corrected chi connectivity index (χ1v) is 12.4. The molecular formula is C27H24ClFN4O4. The van der Waals surface area contributed by atoms with Gasteiger partial charge in [0.25, 0.3) is 0 Å². The van der Waals surface area contributed by atoms with Crippen LogP contribution in [-0.2, 0) is 4.74 Å². The Kier molecular flexibility index (Phi) is 5.97. The number of aromatic nitrogens is 2. The van der Waals surface area contributed by atoms with Crippen LogP contribution < -0.4 is 9.64 Å². The fourth-order valence-electron chi connectivity index (χ4n) is 5.67. The van der Waals surface area contributed by atoms with E-state index < -0.39 is 11.9 Å². The molecule has 1 N–H and O–H groups in total. The molecule has 2 atom stereocenters. The summed E-state index contributed by atoms with van der Waals surface area (Å²) in [5.74, 6) is 0.567. The van der Waals surface area contributed by atoms with Gasteiger partial charge in [0.05, 0.1) is 12.1 Å². The second-order valence-electron chi connectivity index (χ2n) is 9.36. The first kappa shape index (κ1) is 23.7. The number of nitrogens with zero attached hydrogens (tertiary/aromatic N) is 4. The highest BCUT2D eigenvalue weighted by Gasteiger charge is 2.43. The Balaban J connectivity index is 1.46. The van der Waals surface area contributed by atoms with Crippen molar-refractivity contribution in [1.29, 1.82) is 0 Å². The molecule has 2 bridgehead atoms. The monoisotopic (exact) mass is 522 g/mol. The number of hydrogen-bond acceptors (Lipinski definition) is 6. The SMILES string of the molecule is COCOc1cc(-c2ccc3c(N4C[C@H]5CC[C@@H](C4)N5C(=O)O)nc(Cl)nc3c2F)c2ccccc2c1. The van der Waals surface area contributed by atoms with E-state index in [1.165, 1.54) is 4.90 Å². The number of hydrogen-bond donors (Lipinski definition) is 1. The number of halogens is 2. The highest BCUT2D eigenvalue weighted by Crippen LogP contribution is 2.39. The Labute approximate surface area is 217 Å². The summed E-state index contributed by atoms with van der Waals surface area (Å²) in [6, 6.07) is 14.6. The van der Waals surface area contributed by atoms with Crippen molar-refractivity contribution >= 4 is 45.2 Å². The van der Waals surface area contributed by atoms with Gasteiger partial charge in [0.2, 0.25) is 5.28 Å². The van der Waals surface area contributed by atoms with E-state index in [-0.39, 0.29) is 29.7 Å². The third-order valence-electron chi connectivity index (χ3n) is 7.23. The normalized spacial score (nSPS) is 19.1. The lowest BCUT2D eigenvalue weighted by Gasteiger charge is -2.40.